The van der Waals surface area contributed by atoms with Crippen molar-refractivity contribution in [2.75, 3.05) is 5.32 Å². The number of aliphatic hydroxyl groups is 1. The van der Waals surface area contributed by atoms with E-state index in [4.69, 9.17) is 4.42 Å². The highest BCUT2D eigenvalue weighted by molar-refractivity contribution is 5.97. The van der Waals surface area contributed by atoms with Crippen molar-refractivity contribution in [1.82, 2.24) is 4.57 Å². The quantitative estimate of drug-likeness (QED) is 0.827. The highest BCUT2D eigenvalue weighted by atomic mass is 16.4. The number of anilines is 1. The Labute approximate surface area is 103 Å². The van der Waals surface area contributed by atoms with Crippen molar-refractivity contribution in [3.63, 3.8) is 0 Å². The van der Waals surface area contributed by atoms with E-state index >= 15 is 0 Å². The number of fused-ring (bicyclic) bond motifs is 1. The SMILES string of the molecule is Cn1c(=O)oc2cc(NC(=O)C(C)(C)O)ccc21. The van der Waals surface area contributed by atoms with Crippen LogP contribution in [0.5, 0.6) is 0 Å². The number of hydrogen-bond donors (Lipinski definition) is 2. The second kappa shape index (κ2) is 3.99. The van der Waals surface area contributed by atoms with Crippen molar-refractivity contribution in [3.8, 4) is 0 Å². The van der Waals surface area contributed by atoms with E-state index in [-0.39, 0.29) is 0 Å². The topological polar surface area (TPSA) is 84.5 Å². The molecule has 1 amide bonds. The maximum absolute atomic E-state index is 11.6. The third-order valence-corrected chi connectivity index (χ3v) is 2.61. The number of oxazole rings is 1. The number of rotatable bonds is 2. The number of benzene rings is 1. The highest BCUT2D eigenvalue weighted by Crippen LogP contribution is 2.18. The van der Waals surface area contributed by atoms with E-state index in [1.54, 1.807) is 25.2 Å². The van der Waals surface area contributed by atoms with Crippen LogP contribution in [-0.2, 0) is 11.8 Å². The number of aryl methyl sites for hydroxylation is 1. The number of carbonyl (C=O) groups is 1. The molecule has 96 valence electrons. The smallest absolute Gasteiger partial charge is 0.408 e. The molecule has 6 heteroatoms. The number of nitrogens with one attached hydrogen (secondary N) is 1. The second-order valence-electron chi connectivity index (χ2n) is 4.62. The van der Waals surface area contributed by atoms with Crippen LogP contribution in [0.2, 0.25) is 0 Å². The number of aromatic nitrogens is 1. The first kappa shape index (κ1) is 12.4. The van der Waals surface area contributed by atoms with Crippen LogP contribution in [-0.4, -0.2) is 21.2 Å². The first-order valence-electron chi connectivity index (χ1n) is 5.42. The Morgan fingerprint density at radius 2 is 2.11 bits per heavy atom. The molecule has 6 nitrogen and oxygen atoms in total. The molecule has 1 heterocycles. The number of nitrogens with zero attached hydrogens (tertiary/aromatic N) is 1. The van der Waals surface area contributed by atoms with Gasteiger partial charge in [0.25, 0.3) is 5.91 Å². The summed E-state index contributed by atoms with van der Waals surface area (Å²) in [4.78, 5) is 22.9. The largest absolute Gasteiger partial charge is 0.419 e. The van der Waals surface area contributed by atoms with E-state index in [2.05, 4.69) is 5.32 Å². The molecule has 0 aliphatic rings. The molecule has 0 aliphatic carbocycles. The Hall–Kier alpha value is -2.08. The molecule has 0 atom stereocenters. The van der Waals surface area contributed by atoms with Gasteiger partial charge in [0, 0.05) is 18.8 Å². The standard InChI is InChI=1S/C12H14N2O4/c1-12(2,17)10(15)13-7-4-5-8-9(6-7)18-11(16)14(8)3/h4-6,17H,1-3H3,(H,13,15). The molecular weight excluding hydrogens is 236 g/mol. The van der Waals surface area contributed by atoms with Crippen LogP contribution in [0.1, 0.15) is 13.8 Å². The van der Waals surface area contributed by atoms with Crippen LogP contribution in [0.25, 0.3) is 11.1 Å². The number of carbonyl (C=O) groups excluding carboxylic acids is 1. The third kappa shape index (κ3) is 2.14. The average molecular weight is 250 g/mol. The number of hydrogen-bond acceptors (Lipinski definition) is 4. The zero-order valence-electron chi connectivity index (χ0n) is 10.4. The van der Waals surface area contributed by atoms with Gasteiger partial charge in [0.2, 0.25) is 0 Å². The molecule has 0 unspecified atom stereocenters. The molecular formula is C12H14N2O4. The Bertz CT molecular complexity index is 661. The van der Waals surface area contributed by atoms with Crippen molar-refractivity contribution in [2.45, 2.75) is 19.4 Å². The minimum absolute atomic E-state index is 0.385. The Morgan fingerprint density at radius 3 is 2.72 bits per heavy atom. The van der Waals surface area contributed by atoms with E-state index in [0.29, 0.717) is 16.8 Å². The van der Waals surface area contributed by atoms with Crippen LogP contribution in [0.15, 0.2) is 27.4 Å². The molecule has 18 heavy (non-hydrogen) atoms. The van der Waals surface area contributed by atoms with Crippen molar-refractivity contribution in [3.05, 3.63) is 28.7 Å². The van der Waals surface area contributed by atoms with E-state index < -0.39 is 17.3 Å². The van der Waals surface area contributed by atoms with Crippen LogP contribution < -0.4 is 11.1 Å². The molecule has 2 N–H and O–H groups in total. The lowest BCUT2D eigenvalue weighted by Crippen LogP contribution is -2.36. The van der Waals surface area contributed by atoms with Crippen LogP contribution in [0.4, 0.5) is 5.69 Å². The van der Waals surface area contributed by atoms with Crippen LogP contribution >= 0.6 is 0 Å². The maximum Gasteiger partial charge on any atom is 0.419 e. The summed E-state index contributed by atoms with van der Waals surface area (Å²) in [6, 6.07) is 4.85. The zero-order chi connectivity index (χ0) is 13.5. The molecule has 0 spiro atoms. The fourth-order valence-corrected chi connectivity index (χ4v) is 1.50. The molecule has 1 aromatic carbocycles. The van der Waals surface area contributed by atoms with Gasteiger partial charge in [-0.3, -0.25) is 9.36 Å². The first-order valence-corrected chi connectivity index (χ1v) is 5.42. The normalized spacial score (nSPS) is 11.8. The number of amides is 1. The van der Waals surface area contributed by atoms with Gasteiger partial charge in [-0.15, -0.1) is 0 Å². The van der Waals surface area contributed by atoms with Crippen LogP contribution in [0.3, 0.4) is 0 Å². The summed E-state index contributed by atoms with van der Waals surface area (Å²) in [7, 11) is 1.60. The van der Waals surface area contributed by atoms with E-state index in [9.17, 15) is 14.7 Å². The third-order valence-electron chi connectivity index (χ3n) is 2.61. The van der Waals surface area contributed by atoms with Gasteiger partial charge in [0.1, 0.15) is 5.60 Å². The second-order valence-corrected chi connectivity index (χ2v) is 4.62. The monoisotopic (exact) mass is 250 g/mol. The molecule has 0 bridgehead atoms. The first-order chi connectivity index (χ1) is 8.29. The molecule has 2 rings (SSSR count). The van der Waals surface area contributed by atoms with Crippen molar-refractivity contribution in [1.29, 1.82) is 0 Å². The van der Waals surface area contributed by atoms with E-state index in [0.717, 1.165) is 0 Å². The van der Waals surface area contributed by atoms with E-state index in [1.807, 2.05) is 0 Å². The predicted molar refractivity (Wildman–Crippen MR) is 66.4 cm³/mol. The van der Waals surface area contributed by atoms with Gasteiger partial charge in [-0.05, 0) is 26.0 Å². The predicted octanol–water partition coefficient (Wildman–Crippen LogP) is 0.841. The Kier molecular flexibility index (Phi) is 2.74. The van der Waals surface area contributed by atoms with Gasteiger partial charge in [0.15, 0.2) is 5.58 Å². The van der Waals surface area contributed by atoms with Gasteiger partial charge < -0.3 is 14.8 Å². The summed E-state index contributed by atoms with van der Waals surface area (Å²) >= 11 is 0. The molecule has 0 saturated carbocycles. The lowest BCUT2D eigenvalue weighted by molar-refractivity contribution is -0.130. The van der Waals surface area contributed by atoms with Crippen LogP contribution in [0, 0.1) is 0 Å². The molecule has 2 aromatic rings. The van der Waals surface area contributed by atoms with Crippen molar-refractivity contribution in [2.24, 2.45) is 7.05 Å². The molecule has 0 aliphatic heterocycles. The molecule has 0 saturated heterocycles. The highest BCUT2D eigenvalue weighted by Gasteiger charge is 2.23. The zero-order valence-corrected chi connectivity index (χ0v) is 10.4. The lowest BCUT2D eigenvalue weighted by atomic mass is 10.1. The fraction of sp³-hybridized carbons (Fsp3) is 0.333. The molecule has 1 aromatic heterocycles. The van der Waals surface area contributed by atoms with Gasteiger partial charge in [0.05, 0.1) is 5.52 Å². The van der Waals surface area contributed by atoms with Crippen molar-refractivity contribution < 1.29 is 14.3 Å². The van der Waals surface area contributed by atoms with Gasteiger partial charge in [-0.2, -0.15) is 0 Å². The summed E-state index contributed by atoms with van der Waals surface area (Å²) in [6.07, 6.45) is 0. The average Bonchev–Trinajstić information content (AvgIpc) is 2.53. The summed E-state index contributed by atoms with van der Waals surface area (Å²) in [5.74, 6) is -0.990. The Balaban J connectivity index is 2.37. The summed E-state index contributed by atoms with van der Waals surface area (Å²) in [5, 5.41) is 12.1. The summed E-state index contributed by atoms with van der Waals surface area (Å²) < 4.78 is 6.37. The van der Waals surface area contributed by atoms with Gasteiger partial charge in [-0.25, -0.2) is 4.79 Å². The summed E-state index contributed by atoms with van der Waals surface area (Å²) in [5.41, 5.74) is 0.0215. The Morgan fingerprint density at radius 1 is 1.44 bits per heavy atom. The lowest BCUT2D eigenvalue weighted by Gasteiger charge is -2.16. The van der Waals surface area contributed by atoms with E-state index in [1.165, 1.54) is 18.4 Å². The van der Waals surface area contributed by atoms with Gasteiger partial charge in [-0.1, -0.05) is 0 Å². The molecule has 0 fully saturated rings. The fourth-order valence-electron chi connectivity index (χ4n) is 1.50. The maximum atomic E-state index is 11.6. The summed E-state index contributed by atoms with van der Waals surface area (Å²) in [6.45, 7) is 2.78. The van der Waals surface area contributed by atoms with Crippen molar-refractivity contribution >= 4 is 22.7 Å². The minimum Gasteiger partial charge on any atom is -0.408 e. The molecule has 0 radical (unpaired) electrons. The van der Waals surface area contributed by atoms with Gasteiger partial charge >= 0.3 is 5.76 Å². The minimum atomic E-state index is -1.47.